The normalized spacial score (nSPS) is 17.0. The van der Waals surface area contributed by atoms with Gasteiger partial charge in [0.05, 0.1) is 6.61 Å². The lowest BCUT2D eigenvalue weighted by atomic mass is 10.2. The van der Waals surface area contributed by atoms with Gasteiger partial charge in [0.2, 0.25) is 0 Å². The van der Waals surface area contributed by atoms with E-state index in [1.165, 1.54) is 11.8 Å². The third-order valence-corrected chi connectivity index (χ3v) is 4.31. The van der Waals surface area contributed by atoms with Crippen LogP contribution in [-0.4, -0.2) is 41.7 Å². The Kier molecular flexibility index (Phi) is 6.99. The number of aromatic nitrogens is 2. The smallest absolute Gasteiger partial charge is 0.254 e. The summed E-state index contributed by atoms with van der Waals surface area (Å²) in [5, 5.41) is 6.78. The van der Waals surface area contributed by atoms with E-state index < -0.39 is 6.10 Å². The van der Waals surface area contributed by atoms with Gasteiger partial charge >= 0.3 is 0 Å². The number of rotatable bonds is 4. The van der Waals surface area contributed by atoms with Gasteiger partial charge in [0.25, 0.3) is 5.91 Å². The van der Waals surface area contributed by atoms with Crippen LogP contribution in [0.25, 0.3) is 0 Å². The van der Waals surface area contributed by atoms with Crippen molar-refractivity contribution < 1.29 is 9.53 Å². The van der Waals surface area contributed by atoms with Gasteiger partial charge in [0.1, 0.15) is 6.10 Å². The highest BCUT2D eigenvalue weighted by Crippen LogP contribution is 2.28. The molecular formula is C16H19ClN4O2S. The first kappa shape index (κ1) is 18.7. The zero-order valence-corrected chi connectivity index (χ0v) is 14.8. The molecule has 1 aliphatic heterocycles. The molecule has 2 aromatic rings. The van der Waals surface area contributed by atoms with Gasteiger partial charge in [-0.1, -0.05) is 0 Å². The molecule has 1 saturated heterocycles. The Bertz CT molecular complexity index is 681. The lowest BCUT2D eigenvalue weighted by molar-refractivity contribution is -0.128. The molecule has 0 aliphatic carbocycles. The summed E-state index contributed by atoms with van der Waals surface area (Å²) in [5.41, 5.74) is 1.78. The van der Waals surface area contributed by atoms with Gasteiger partial charge in [-0.05, 0) is 48.5 Å². The molecule has 2 heterocycles. The van der Waals surface area contributed by atoms with Gasteiger partial charge in [-0.3, -0.25) is 4.79 Å². The average Bonchev–Trinajstić information content (AvgIpc) is 2.59. The number of amides is 1. The number of aryl methyl sites for hydroxylation is 1. The highest BCUT2D eigenvalue weighted by Gasteiger charge is 2.22. The standard InChI is InChI=1S/C16H18N4O2S.ClH/c1-11-9-12(23-16-18-5-2-6-19-16)3-4-13(11)20-15(21)14-10-17-7-8-22-14;/h2-6,9,14,17H,7-8,10H2,1H3,(H,20,21);1H. The number of carbonyl (C=O) groups excluding carboxylic acids is 1. The summed E-state index contributed by atoms with van der Waals surface area (Å²) in [7, 11) is 0. The zero-order chi connectivity index (χ0) is 16.1. The molecule has 2 N–H and O–H groups in total. The summed E-state index contributed by atoms with van der Waals surface area (Å²) in [6.07, 6.45) is 3.00. The highest BCUT2D eigenvalue weighted by atomic mass is 35.5. The van der Waals surface area contributed by atoms with E-state index in [1.807, 2.05) is 25.1 Å². The van der Waals surface area contributed by atoms with Crippen molar-refractivity contribution in [3.63, 3.8) is 0 Å². The van der Waals surface area contributed by atoms with Crippen LogP contribution in [-0.2, 0) is 9.53 Å². The molecule has 6 nitrogen and oxygen atoms in total. The number of halogens is 1. The summed E-state index contributed by atoms with van der Waals surface area (Å²) in [6.45, 7) is 3.86. The van der Waals surface area contributed by atoms with E-state index in [2.05, 4.69) is 20.6 Å². The Balaban J connectivity index is 0.00000208. The van der Waals surface area contributed by atoms with Crippen molar-refractivity contribution in [3.05, 3.63) is 42.2 Å². The third kappa shape index (κ3) is 4.91. The van der Waals surface area contributed by atoms with Crippen LogP contribution in [0.2, 0.25) is 0 Å². The summed E-state index contributed by atoms with van der Waals surface area (Å²) in [6, 6.07) is 7.64. The number of ether oxygens (including phenoxy) is 1. The van der Waals surface area contributed by atoms with Crippen LogP contribution >= 0.6 is 24.2 Å². The number of hydrogen-bond acceptors (Lipinski definition) is 6. The predicted octanol–water partition coefficient (Wildman–Crippen LogP) is 2.28. The Morgan fingerprint density at radius 1 is 1.38 bits per heavy atom. The van der Waals surface area contributed by atoms with Crippen molar-refractivity contribution >= 4 is 35.8 Å². The zero-order valence-electron chi connectivity index (χ0n) is 13.2. The lowest BCUT2D eigenvalue weighted by Gasteiger charge is -2.23. The minimum atomic E-state index is -0.435. The van der Waals surface area contributed by atoms with Crippen LogP contribution < -0.4 is 10.6 Å². The predicted molar refractivity (Wildman–Crippen MR) is 95.8 cm³/mol. The van der Waals surface area contributed by atoms with Gasteiger partial charge in [0, 0.05) is 36.1 Å². The molecule has 1 atom stereocenters. The molecule has 24 heavy (non-hydrogen) atoms. The lowest BCUT2D eigenvalue weighted by Crippen LogP contribution is -2.45. The summed E-state index contributed by atoms with van der Waals surface area (Å²) >= 11 is 1.49. The van der Waals surface area contributed by atoms with E-state index in [9.17, 15) is 4.79 Å². The SMILES string of the molecule is Cc1cc(Sc2ncccn2)ccc1NC(=O)C1CNCCO1.Cl. The molecule has 128 valence electrons. The average molecular weight is 367 g/mol. The van der Waals surface area contributed by atoms with E-state index >= 15 is 0 Å². The Morgan fingerprint density at radius 3 is 2.83 bits per heavy atom. The van der Waals surface area contributed by atoms with Crippen molar-refractivity contribution in [2.75, 3.05) is 25.0 Å². The molecule has 1 amide bonds. The number of carbonyl (C=O) groups is 1. The van der Waals surface area contributed by atoms with Crippen LogP contribution in [0.3, 0.4) is 0 Å². The Morgan fingerprint density at radius 2 is 2.17 bits per heavy atom. The molecule has 1 aromatic carbocycles. The summed E-state index contributed by atoms with van der Waals surface area (Å²) in [5.74, 6) is -0.118. The fourth-order valence-electron chi connectivity index (χ4n) is 2.23. The fourth-order valence-corrected chi connectivity index (χ4v) is 3.04. The topological polar surface area (TPSA) is 76.1 Å². The fraction of sp³-hybridized carbons (Fsp3) is 0.312. The molecule has 0 radical (unpaired) electrons. The number of anilines is 1. The second-order valence-electron chi connectivity index (χ2n) is 5.16. The molecule has 1 aliphatic rings. The molecule has 0 bridgehead atoms. The first-order valence-electron chi connectivity index (χ1n) is 7.41. The maximum absolute atomic E-state index is 12.2. The van der Waals surface area contributed by atoms with Gasteiger partial charge in [-0.2, -0.15) is 0 Å². The molecule has 1 unspecified atom stereocenters. The summed E-state index contributed by atoms with van der Waals surface area (Å²) < 4.78 is 5.46. The van der Waals surface area contributed by atoms with Gasteiger partial charge in [0.15, 0.2) is 5.16 Å². The number of nitrogens with one attached hydrogen (secondary N) is 2. The minimum Gasteiger partial charge on any atom is -0.366 e. The quantitative estimate of drug-likeness (QED) is 0.808. The van der Waals surface area contributed by atoms with Gasteiger partial charge in [-0.15, -0.1) is 12.4 Å². The van der Waals surface area contributed by atoms with Crippen LogP contribution in [0.15, 0.2) is 46.7 Å². The van der Waals surface area contributed by atoms with E-state index in [0.29, 0.717) is 18.3 Å². The highest BCUT2D eigenvalue weighted by molar-refractivity contribution is 7.99. The van der Waals surface area contributed by atoms with E-state index in [0.717, 1.165) is 22.7 Å². The van der Waals surface area contributed by atoms with Crippen LogP contribution in [0, 0.1) is 6.92 Å². The van der Waals surface area contributed by atoms with E-state index in [1.54, 1.807) is 18.5 Å². The van der Waals surface area contributed by atoms with Crippen molar-refractivity contribution in [1.82, 2.24) is 15.3 Å². The monoisotopic (exact) mass is 366 g/mol. The molecule has 1 aromatic heterocycles. The molecule has 0 saturated carbocycles. The second-order valence-corrected chi connectivity index (χ2v) is 6.20. The van der Waals surface area contributed by atoms with Gasteiger partial charge < -0.3 is 15.4 Å². The van der Waals surface area contributed by atoms with E-state index in [-0.39, 0.29) is 18.3 Å². The molecule has 1 fully saturated rings. The first-order valence-corrected chi connectivity index (χ1v) is 8.23. The van der Waals surface area contributed by atoms with Crippen LogP contribution in [0.1, 0.15) is 5.56 Å². The number of morpholine rings is 1. The number of nitrogens with zero attached hydrogens (tertiary/aromatic N) is 2. The third-order valence-electron chi connectivity index (χ3n) is 3.43. The number of hydrogen-bond donors (Lipinski definition) is 2. The number of benzene rings is 1. The van der Waals surface area contributed by atoms with Crippen molar-refractivity contribution in [1.29, 1.82) is 0 Å². The van der Waals surface area contributed by atoms with Crippen molar-refractivity contribution in [2.24, 2.45) is 0 Å². The maximum Gasteiger partial charge on any atom is 0.254 e. The van der Waals surface area contributed by atoms with E-state index in [4.69, 9.17) is 4.74 Å². The Labute approximate surface area is 151 Å². The van der Waals surface area contributed by atoms with Gasteiger partial charge in [-0.25, -0.2) is 9.97 Å². The van der Waals surface area contributed by atoms with Crippen molar-refractivity contribution in [3.8, 4) is 0 Å². The second kappa shape index (κ2) is 8.98. The molecule has 0 spiro atoms. The van der Waals surface area contributed by atoms with Crippen LogP contribution in [0.4, 0.5) is 5.69 Å². The first-order chi connectivity index (χ1) is 11.2. The molecule has 3 rings (SSSR count). The Hall–Kier alpha value is -1.67. The largest absolute Gasteiger partial charge is 0.366 e. The van der Waals surface area contributed by atoms with Crippen LogP contribution in [0.5, 0.6) is 0 Å². The van der Waals surface area contributed by atoms with Crippen molar-refractivity contribution in [2.45, 2.75) is 23.1 Å². The maximum atomic E-state index is 12.2. The molecule has 8 heteroatoms. The minimum absolute atomic E-state index is 0. The molecular weight excluding hydrogens is 348 g/mol. The summed E-state index contributed by atoms with van der Waals surface area (Å²) in [4.78, 5) is 21.6.